The molecule has 0 bridgehead atoms. The van der Waals surface area contributed by atoms with Crippen LogP contribution in [0, 0.1) is 0 Å². The number of likely N-dealkylation sites (tertiary alicyclic amines) is 1. The third-order valence-electron chi connectivity index (χ3n) is 3.32. The fraction of sp³-hybridized carbons (Fsp3) is 0.667. The molecule has 1 rings (SSSR count). The molecule has 1 N–H and O–H groups in total. The summed E-state index contributed by atoms with van der Waals surface area (Å²) in [5.41, 5.74) is -2.05. The second kappa shape index (κ2) is 7.46. The average molecular weight is 342 g/mol. The number of esters is 1. The van der Waals surface area contributed by atoms with Crippen LogP contribution in [0.4, 0.5) is 4.79 Å². The number of nitrogens with zero attached hydrogens (tertiary/aromatic N) is 1. The third-order valence-corrected chi connectivity index (χ3v) is 3.32. The Morgan fingerprint density at radius 1 is 1.33 bits per heavy atom. The van der Waals surface area contributed by atoms with E-state index in [1.807, 2.05) is 0 Å². The summed E-state index contributed by atoms with van der Waals surface area (Å²) < 4.78 is 14.9. The summed E-state index contributed by atoms with van der Waals surface area (Å²) in [6.45, 7) is 5.07. The maximum Gasteiger partial charge on any atom is 0.411 e. The molecular weight excluding hydrogens is 320 g/mol. The van der Waals surface area contributed by atoms with E-state index < -0.39 is 41.8 Å². The number of carbonyl (C=O) groups excluding carboxylic acids is 4. The number of amides is 2. The average Bonchev–Trinajstić information content (AvgIpc) is 2.46. The molecule has 0 saturated carbocycles. The van der Waals surface area contributed by atoms with Gasteiger partial charge in [0.2, 0.25) is 5.91 Å². The standard InChI is InChI=1S/C15H22N2O7/c1-14(2,3)24-13(21)17-9-15(23-5,10(17)6-7-18)16-11(19)8-12(20)22-4/h6,10H,8-9H2,1-5H3,(H,16,19). The summed E-state index contributed by atoms with van der Waals surface area (Å²) in [6, 6.07) is -0.906. The SMILES string of the molecule is COC(=O)CC(=O)NC1(OC)CN(C(=O)OC(C)(C)C)C1C=C=O. The molecule has 2 atom stereocenters. The van der Waals surface area contributed by atoms with E-state index >= 15 is 0 Å². The van der Waals surface area contributed by atoms with Crippen molar-refractivity contribution < 1.29 is 33.4 Å². The molecule has 24 heavy (non-hydrogen) atoms. The van der Waals surface area contributed by atoms with Crippen LogP contribution in [-0.4, -0.2) is 66.9 Å². The number of hydrogen-bond donors (Lipinski definition) is 1. The van der Waals surface area contributed by atoms with E-state index in [0.29, 0.717) is 0 Å². The van der Waals surface area contributed by atoms with Gasteiger partial charge in [0.25, 0.3) is 0 Å². The molecule has 0 spiro atoms. The molecule has 1 heterocycles. The fourth-order valence-electron chi connectivity index (χ4n) is 2.21. The van der Waals surface area contributed by atoms with Gasteiger partial charge in [-0.2, -0.15) is 0 Å². The van der Waals surface area contributed by atoms with E-state index in [-0.39, 0.29) is 6.54 Å². The van der Waals surface area contributed by atoms with Crippen LogP contribution in [0.2, 0.25) is 0 Å². The highest BCUT2D eigenvalue weighted by atomic mass is 16.6. The fourth-order valence-corrected chi connectivity index (χ4v) is 2.21. The minimum absolute atomic E-state index is 0.0474. The zero-order valence-electron chi connectivity index (χ0n) is 14.4. The van der Waals surface area contributed by atoms with Gasteiger partial charge in [0.1, 0.15) is 24.0 Å². The van der Waals surface area contributed by atoms with Crippen LogP contribution in [0.15, 0.2) is 6.08 Å². The Hall–Kier alpha value is -2.38. The number of ether oxygens (including phenoxy) is 3. The molecule has 9 nitrogen and oxygen atoms in total. The highest BCUT2D eigenvalue weighted by molar-refractivity contribution is 5.94. The largest absolute Gasteiger partial charge is 0.469 e. The summed E-state index contributed by atoms with van der Waals surface area (Å²) >= 11 is 0. The van der Waals surface area contributed by atoms with Gasteiger partial charge in [-0.05, 0) is 20.8 Å². The van der Waals surface area contributed by atoms with E-state index in [0.717, 1.165) is 13.2 Å². The van der Waals surface area contributed by atoms with Gasteiger partial charge in [-0.3, -0.25) is 14.5 Å². The van der Waals surface area contributed by atoms with Crippen molar-refractivity contribution in [3.63, 3.8) is 0 Å². The highest BCUT2D eigenvalue weighted by Gasteiger charge is 2.56. The summed E-state index contributed by atoms with van der Waals surface area (Å²) in [4.78, 5) is 47.2. The third kappa shape index (κ3) is 4.56. The Labute approximate surface area is 139 Å². The number of hydrogen-bond acceptors (Lipinski definition) is 7. The molecule has 1 saturated heterocycles. The lowest BCUT2D eigenvalue weighted by Crippen LogP contribution is -2.78. The number of nitrogens with one attached hydrogen (secondary N) is 1. The van der Waals surface area contributed by atoms with Crippen LogP contribution in [0.25, 0.3) is 0 Å². The zero-order chi connectivity index (χ0) is 18.5. The van der Waals surface area contributed by atoms with Crippen molar-refractivity contribution >= 4 is 23.9 Å². The van der Waals surface area contributed by atoms with Crippen LogP contribution >= 0.6 is 0 Å². The van der Waals surface area contributed by atoms with Gasteiger partial charge in [0.15, 0.2) is 5.72 Å². The molecule has 1 fully saturated rings. The number of methoxy groups -OCH3 is 2. The van der Waals surface area contributed by atoms with Gasteiger partial charge >= 0.3 is 12.1 Å². The van der Waals surface area contributed by atoms with Crippen molar-refractivity contribution in [2.75, 3.05) is 20.8 Å². The Bertz CT molecular complexity index is 563. The van der Waals surface area contributed by atoms with Gasteiger partial charge < -0.3 is 19.5 Å². The molecule has 1 aliphatic heterocycles. The van der Waals surface area contributed by atoms with Crippen LogP contribution < -0.4 is 5.32 Å². The lowest BCUT2D eigenvalue weighted by molar-refractivity contribution is -0.176. The topological polar surface area (TPSA) is 111 Å². The summed E-state index contributed by atoms with van der Waals surface area (Å²) in [7, 11) is 2.48. The van der Waals surface area contributed by atoms with E-state index in [4.69, 9.17) is 9.47 Å². The van der Waals surface area contributed by atoms with Crippen molar-refractivity contribution in [1.29, 1.82) is 0 Å². The van der Waals surface area contributed by atoms with Crippen molar-refractivity contribution in [2.24, 2.45) is 0 Å². The Morgan fingerprint density at radius 3 is 2.42 bits per heavy atom. The second-order valence-corrected chi connectivity index (χ2v) is 6.23. The maximum atomic E-state index is 12.2. The highest BCUT2D eigenvalue weighted by Crippen LogP contribution is 2.32. The summed E-state index contributed by atoms with van der Waals surface area (Å²) in [5.74, 6) is 0.211. The predicted molar refractivity (Wildman–Crippen MR) is 81.5 cm³/mol. The van der Waals surface area contributed by atoms with Crippen LogP contribution in [0.1, 0.15) is 27.2 Å². The quantitative estimate of drug-likeness (QED) is 0.324. The van der Waals surface area contributed by atoms with Crippen LogP contribution in [0.5, 0.6) is 0 Å². The minimum atomic E-state index is -1.33. The van der Waals surface area contributed by atoms with E-state index in [9.17, 15) is 19.2 Å². The Kier molecular flexibility index (Phi) is 6.11. The first-order valence-corrected chi connectivity index (χ1v) is 7.22. The molecule has 2 amide bonds. The predicted octanol–water partition coefficient (Wildman–Crippen LogP) is 0.0155. The lowest BCUT2D eigenvalue weighted by Gasteiger charge is -2.54. The first kappa shape index (κ1) is 19.7. The van der Waals surface area contributed by atoms with Gasteiger partial charge in [-0.25, -0.2) is 9.59 Å². The van der Waals surface area contributed by atoms with E-state index in [1.165, 1.54) is 12.0 Å². The smallest absolute Gasteiger partial charge is 0.411 e. The second-order valence-electron chi connectivity index (χ2n) is 6.23. The molecule has 9 heteroatoms. The Morgan fingerprint density at radius 2 is 1.96 bits per heavy atom. The van der Waals surface area contributed by atoms with Crippen LogP contribution in [0.3, 0.4) is 0 Å². The monoisotopic (exact) mass is 342 g/mol. The molecule has 0 aliphatic carbocycles. The van der Waals surface area contributed by atoms with Gasteiger partial charge in [0.05, 0.1) is 13.7 Å². The van der Waals surface area contributed by atoms with Crippen molar-refractivity contribution in [2.45, 2.75) is 44.6 Å². The molecule has 0 aromatic carbocycles. The first-order valence-electron chi connectivity index (χ1n) is 7.22. The molecule has 1 aliphatic rings. The van der Waals surface area contributed by atoms with Crippen LogP contribution in [-0.2, 0) is 28.6 Å². The minimum Gasteiger partial charge on any atom is -0.469 e. The molecule has 134 valence electrons. The summed E-state index contributed by atoms with van der Waals surface area (Å²) in [6.07, 6.45) is -0.116. The van der Waals surface area contributed by atoms with Gasteiger partial charge in [0, 0.05) is 13.2 Å². The molecular formula is C15H22N2O7. The van der Waals surface area contributed by atoms with E-state index in [2.05, 4.69) is 10.1 Å². The maximum absolute atomic E-state index is 12.2. The van der Waals surface area contributed by atoms with Gasteiger partial charge in [-0.1, -0.05) is 0 Å². The molecule has 0 aromatic heterocycles. The molecule has 0 radical (unpaired) electrons. The van der Waals surface area contributed by atoms with E-state index in [1.54, 1.807) is 26.7 Å². The normalized spacial score (nSPS) is 22.7. The zero-order valence-corrected chi connectivity index (χ0v) is 14.4. The van der Waals surface area contributed by atoms with Crippen molar-refractivity contribution in [3.05, 3.63) is 6.08 Å². The first-order chi connectivity index (χ1) is 11.1. The lowest BCUT2D eigenvalue weighted by atomic mass is 9.91. The van der Waals surface area contributed by atoms with Gasteiger partial charge in [-0.15, -0.1) is 0 Å². The Balaban J connectivity index is 2.88. The molecule has 0 aromatic rings. The van der Waals surface area contributed by atoms with Crippen molar-refractivity contribution in [3.8, 4) is 0 Å². The van der Waals surface area contributed by atoms with Crippen molar-refractivity contribution in [1.82, 2.24) is 10.2 Å². The molecule has 2 unspecified atom stereocenters. The summed E-state index contributed by atoms with van der Waals surface area (Å²) in [5, 5.41) is 2.51. The number of rotatable bonds is 5. The number of carbonyl (C=O) groups is 3.